The third-order valence-corrected chi connectivity index (χ3v) is 6.76. The normalized spacial score (nSPS) is 20.0. The highest BCUT2D eigenvalue weighted by Gasteiger charge is 2.32. The molecule has 0 aliphatic carbocycles. The molecule has 1 heterocycles. The number of rotatable bonds is 5. The first-order chi connectivity index (χ1) is 13.7. The molecule has 1 aliphatic rings. The van der Waals surface area contributed by atoms with Crippen LogP contribution in [-0.4, -0.2) is 47.5 Å². The minimum Gasteiger partial charge on any atom is -0.484 e. The van der Waals surface area contributed by atoms with Crippen molar-refractivity contribution < 1.29 is 13.9 Å². The molecule has 0 spiro atoms. The predicted molar refractivity (Wildman–Crippen MR) is 117 cm³/mol. The molecule has 0 saturated carbocycles. The fourth-order valence-corrected chi connectivity index (χ4v) is 4.04. The average molecular weight is 463 g/mol. The molecule has 3 rings (SSSR count). The third-order valence-electron chi connectivity index (χ3n) is 5.51. The van der Waals surface area contributed by atoms with Crippen molar-refractivity contribution in [3.05, 3.63) is 63.4 Å². The zero-order chi connectivity index (χ0) is 21.1. The van der Waals surface area contributed by atoms with Gasteiger partial charge in [-0.1, -0.05) is 28.1 Å². The molecule has 0 aromatic heterocycles. The summed E-state index contributed by atoms with van der Waals surface area (Å²) in [4.78, 5) is 17.0. The lowest BCUT2D eigenvalue weighted by Crippen LogP contribution is -2.58. The third kappa shape index (κ3) is 5.37. The van der Waals surface area contributed by atoms with Crippen LogP contribution in [0.4, 0.5) is 4.39 Å². The van der Waals surface area contributed by atoms with Crippen molar-refractivity contribution >= 4 is 21.8 Å². The summed E-state index contributed by atoms with van der Waals surface area (Å²) in [6.45, 7) is 10.4. The van der Waals surface area contributed by atoms with Crippen molar-refractivity contribution in [1.29, 1.82) is 0 Å². The van der Waals surface area contributed by atoms with Crippen LogP contribution in [0.3, 0.4) is 0 Å². The summed E-state index contributed by atoms with van der Waals surface area (Å²) in [6.07, 6.45) is 0. The van der Waals surface area contributed by atoms with E-state index in [2.05, 4.69) is 34.7 Å². The van der Waals surface area contributed by atoms with Crippen LogP contribution in [0.5, 0.6) is 5.75 Å². The number of benzene rings is 2. The fourth-order valence-electron chi connectivity index (χ4n) is 3.81. The molecule has 0 bridgehead atoms. The van der Waals surface area contributed by atoms with Gasteiger partial charge >= 0.3 is 0 Å². The number of hydrogen-bond donors (Lipinski definition) is 0. The van der Waals surface area contributed by atoms with Crippen molar-refractivity contribution in [2.45, 2.75) is 46.3 Å². The van der Waals surface area contributed by atoms with Crippen LogP contribution in [0.25, 0.3) is 0 Å². The summed E-state index contributed by atoms with van der Waals surface area (Å²) in [7, 11) is 0. The van der Waals surface area contributed by atoms with E-state index in [0.29, 0.717) is 12.3 Å². The van der Waals surface area contributed by atoms with E-state index in [-0.39, 0.29) is 30.4 Å². The van der Waals surface area contributed by atoms with Crippen molar-refractivity contribution in [1.82, 2.24) is 9.80 Å². The molecule has 0 N–H and O–H groups in total. The van der Waals surface area contributed by atoms with E-state index in [0.717, 1.165) is 34.3 Å². The molecule has 1 fully saturated rings. The highest BCUT2D eigenvalue weighted by atomic mass is 79.9. The number of halogens is 2. The molecule has 29 heavy (non-hydrogen) atoms. The molecule has 1 saturated heterocycles. The van der Waals surface area contributed by atoms with E-state index in [9.17, 15) is 9.18 Å². The molecule has 2 aromatic rings. The van der Waals surface area contributed by atoms with E-state index in [1.165, 1.54) is 12.1 Å². The van der Waals surface area contributed by atoms with Gasteiger partial charge < -0.3 is 9.64 Å². The number of amides is 1. The van der Waals surface area contributed by atoms with Gasteiger partial charge in [0.15, 0.2) is 6.61 Å². The predicted octanol–water partition coefficient (Wildman–Crippen LogP) is 4.71. The van der Waals surface area contributed by atoms with Gasteiger partial charge in [0.2, 0.25) is 0 Å². The summed E-state index contributed by atoms with van der Waals surface area (Å²) in [5.41, 5.74) is 3.25. The number of carbonyl (C=O) groups is 1. The SMILES string of the molecule is Cc1cc(OCC(=O)N2CC(C)N(Cc3ccc(F)cc3)CC2C)cc(C)c1Br. The Balaban J connectivity index is 1.57. The minimum absolute atomic E-state index is 0.00371. The summed E-state index contributed by atoms with van der Waals surface area (Å²) < 4.78 is 20.0. The zero-order valence-electron chi connectivity index (χ0n) is 17.4. The fraction of sp³-hybridized carbons (Fsp3) is 0.435. The molecule has 1 aliphatic heterocycles. The van der Waals surface area contributed by atoms with Crippen LogP contribution in [0.15, 0.2) is 40.9 Å². The van der Waals surface area contributed by atoms with Gasteiger partial charge in [0, 0.05) is 36.2 Å². The molecule has 4 nitrogen and oxygen atoms in total. The van der Waals surface area contributed by atoms with E-state index in [1.54, 1.807) is 0 Å². The Morgan fingerprint density at radius 1 is 1.10 bits per heavy atom. The lowest BCUT2D eigenvalue weighted by molar-refractivity contribution is -0.139. The summed E-state index contributed by atoms with van der Waals surface area (Å²) in [5.74, 6) is 0.498. The van der Waals surface area contributed by atoms with Crippen molar-refractivity contribution in [3.63, 3.8) is 0 Å². The van der Waals surface area contributed by atoms with Crippen LogP contribution in [-0.2, 0) is 11.3 Å². The summed E-state index contributed by atoms with van der Waals surface area (Å²) in [6, 6.07) is 10.8. The second-order valence-corrected chi connectivity index (χ2v) is 8.75. The van der Waals surface area contributed by atoms with Crippen LogP contribution in [0.2, 0.25) is 0 Å². The molecular weight excluding hydrogens is 435 g/mol. The first kappa shape index (κ1) is 21.8. The Bertz CT molecular complexity index is 849. The van der Waals surface area contributed by atoms with Crippen LogP contribution in [0, 0.1) is 19.7 Å². The number of carbonyl (C=O) groups excluding carboxylic acids is 1. The quantitative estimate of drug-likeness (QED) is 0.644. The Hall–Kier alpha value is -1.92. The van der Waals surface area contributed by atoms with E-state index < -0.39 is 0 Å². The standard InChI is InChI=1S/C23H28BrFN2O2/c1-15-9-21(10-16(2)23(15)24)29-14-22(28)27-12-17(3)26(11-18(27)4)13-19-5-7-20(25)8-6-19/h5-10,17-18H,11-14H2,1-4H3. The smallest absolute Gasteiger partial charge is 0.260 e. The second-order valence-electron chi connectivity index (χ2n) is 7.96. The summed E-state index contributed by atoms with van der Waals surface area (Å²) >= 11 is 3.55. The van der Waals surface area contributed by atoms with Crippen molar-refractivity contribution in [2.24, 2.45) is 0 Å². The van der Waals surface area contributed by atoms with Gasteiger partial charge in [-0.05, 0) is 68.7 Å². The Morgan fingerprint density at radius 2 is 1.72 bits per heavy atom. The van der Waals surface area contributed by atoms with Gasteiger partial charge in [-0.15, -0.1) is 0 Å². The number of piperazine rings is 1. The number of nitrogens with zero attached hydrogens (tertiary/aromatic N) is 2. The molecule has 156 valence electrons. The van der Waals surface area contributed by atoms with Crippen molar-refractivity contribution in [2.75, 3.05) is 19.7 Å². The maximum Gasteiger partial charge on any atom is 0.260 e. The Kier molecular flexibility index (Phi) is 6.96. The van der Waals surface area contributed by atoms with Gasteiger partial charge in [-0.25, -0.2) is 4.39 Å². The van der Waals surface area contributed by atoms with Crippen molar-refractivity contribution in [3.8, 4) is 5.75 Å². The highest BCUT2D eigenvalue weighted by molar-refractivity contribution is 9.10. The van der Waals surface area contributed by atoms with Crippen LogP contribution < -0.4 is 4.74 Å². The molecule has 0 radical (unpaired) electrons. The highest BCUT2D eigenvalue weighted by Crippen LogP contribution is 2.26. The van der Waals surface area contributed by atoms with Gasteiger partial charge in [-0.3, -0.25) is 9.69 Å². The summed E-state index contributed by atoms with van der Waals surface area (Å²) in [5, 5.41) is 0. The first-order valence-electron chi connectivity index (χ1n) is 9.92. The second kappa shape index (κ2) is 9.26. The first-order valence-corrected chi connectivity index (χ1v) is 10.7. The lowest BCUT2D eigenvalue weighted by Gasteiger charge is -2.44. The van der Waals surface area contributed by atoms with Crippen LogP contribution >= 0.6 is 15.9 Å². The molecular formula is C23H28BrFN2O2. The lowest BCUT2D eigenvalue weighted by atomic mass is 10.1. The van der Waals surface area contributed by atoms with Gasteiger partial charge in [0.1, 0.15) is 11.6 Å². The molecule has 1 amide bonds. The van der Waals surface area contributed by atoms with Gasteiger partial charge in [0.05, 0.1) is 0 Å². The molecule has 6 heteroatoms. The minimum atomic E-state index is -0.221. The maximum absolute atomic E-state index is 13.1. The molecule has 2 aromatic carbocycles. The van der Waals surface area contributed by atoms with E-state index in [1.807, 2.05) is 43.0 Å². The molecule has 2 unspecified atom stereocenters. The monoisotopic (exact) mass is 462 g/mol. The number of ether oxygens (including phenoxy) is 1. The van der Waals surface area contributed by atoms with Gasteiger partial charge in [0.25, 0.3) is 5.91 Å². The largest absolute Gasteiger partial charge is 0.484 e. The van der Waals surface area contributed by atoms with Crippen LogP contribution in [0.1, 0.15) is 30.5 Å². The Labute approximate surface area is 180 Å². The molecule has 2 atom stereocenters. The topological polar surface area (TPSA) is 32.8 Å². The number of aryl methyl sites for hydroxylation is 2. The van der Waals surface area contributed by atoms with E-state index in [4.69, 9.17) is 4.74 Å². The average Bonchev–Trinajstić information content (AvgIpc) is 2.68. The van der Waals surface area contributed by atoms with Gasteiger partial charge in [-0.2, -0.15) is 0 Å². The maximum atomic E-state index is 13.1. The van der Waals surface area contributed by atoms with E-state index >= 15 is 0 Å². The Morgan fingerprint density at radius 3 is 2.34 bits per heavy atom. The number of hydrogen-bond acceptors (Lipinski definition) is 3. The zero-order valence-corrected chi connectivity index (χ0v) is 19.0.